The summed E-state index contributed by atoms with van der Waals surface area (Å²) in [5.74, 6) is -1.34. The molecule has 6 heteroatoms. The zero-order valence-electron chi connectivity index (χ0n) is 7.88. The molecule has 0 spiro atoms. The standard InChI is InChI=1S/C9H11N3O3/c10-8(14)7(13)5-12-9(15)6-3-1-2-4-11-6/h1-4,7,13H,5H2,(H2,10,14)(H,12,15). The molecular weight excluding hydrogens is 198 g/mol. The number of aliphatic hydroxyl groups excluding tert-OH is 1. The maximum atomic E-state index is 11.3. The van der Waals surface area contributed by atoms with Gasteiger partial charge in [-0.25, -0.2) is 0 Å². The fourth-order valence-corrected chi connectivity index (χ4v) is 0.878. The smallest absolute Gasteiger partial charge is 0.269 e. The van der Waals surface area contributed by atoms with Crippen LogP contribution in [-0.4, -0.2) is 34.6 Å². The lowest BCUT2D eigenvalue weighted by atomic mass is 10.3. The molecule has 1 unspecified atom stereocenters. The first kappa shape index (κ1) is 11.1. The Balaban J connectivity index is 2.47. The molecule has 1 aromatic rings. The van der Waals surface area contributed by atoms with E-state index in [9.17, 15) is 9.59 Å². The minimum atomic E-state index is -1.38. The molecule has 4 N–H and O–H groups in total. The summed E-state index contributed by atoms with van der Waals surface area (Å²) in [4.78, 5) is 25.6. The predicted molar refractivity (Wildman–Crippen MR) is 51.8 cm³/mol. The van der Waals surface area contributed by atoms with Crippen LogP contribution in [-0.2, 0) is 4.79 Å². The van der Waals surface area contributed by atoms with E-state index in [1.807, 2.05) is 0 Å². The van der Waals surface area contributed by atoms with E-state index >= 15 is 0 Å². The molecule has 80 valence electrons. The van der Waals surface area contributed by atoms with Crippen molar-refractivity contribution >= 4 is 11.8 Å². The number of carbonyl (C=O) groups excluding carboxylic acids is 2. The van der Waals surface area contributed by atoms with Crippen LogP contribution < -0.4 is 11.1 Å². The van der Waals surface area contributed by atoms with Crippen molar-refractivity contribution in [2.75, 3.05) is 6.54 Å². The van der Waals surface area contributed by atoms with Crippen LogP contribution in [0.1, 0.15) is 10.5 Å². The highest BCUT2D eigenvalue weighted by Gasteiger charge is 2.13. The molecule has 0 saturated heterocycles. The van der Waals surface area contributed by atoms with Crippen molar-refractivity contribution in [3.8, 4) is 0 Å². The van der Waals surface area contributed by atoms with E-state index in [4.69, 9.17) is 10.8 Å². The van der Waals surface area contributed by atoms with Gasteiger partial charge in [0.05, 0.1) is 6.54 Å². The lowest BCUT2D eigenvalue weighted by molar-refractivity contribution is -0.125. The Morgan fingerprint density at radius 2 is 2.27 bits per heavy atom. The first-order valence-electron chi connectivity index (χ1n) is 4.28. The highest BCUT2D eigenvalue weighted by atomic mass is 16.3. The minimum absolute atomic E-state index is 0.217. The topological polar surface area (TPSA) is 105 Å². The Kier molecular flexibility index (Phi) is 3.75. The summed E-state index contributed by atoms with van der Waals surface area (Å²) in [6.45, 7) is -0.218. The van der Waals surface area contributed by atoms with Crippen molar-refractivity contribution in [2.45, 2.75) is 6.10 Å². The van der Waals surface area contributed by atoms with Gasteiger partial charge in [-0.1, -0.05) is 6.07 Å². The summed E-state index contributed by atoms with van der Waals surface area (Å²) in [6.07, 6.45) is 0.0945. The molecule has 0 bridgehead atoms. The largest absolute Gasteiger partial charge is 0.381 e. The summed E-state index contributed by atoms with van der Waals surface area (Å²) in [5, 5.41) is 11.3. The average molecular weight is 209 g/mol. The number of hydrogen-bond donors (Lipinski definition) is 3. The summed E-state index contributed by atoms with van der Waals surface area (Å²) in [7, 11) is 0. The number of pyridine rings is 1. The van der Waals surface area contributed by atoms with Crippen LogP contribution in [0, 0.1) is 0 Å². The van der Waals surface area contributed by atoms with Gasteiger partial charge in [-0.05, 0) is 12.1 Å². The van der Waals surface area contributed by atoms with Crippen molar-refractivity contribution in [1.82, 2.24) is 10.3 Å². The Labute approximate surface area is 86.1 Å². The molecule has 6 nitrogen and oxygen atoms in total. The maximum absolute atomic E-state index is 11.3. The number of amides is 2. The Morgan fingerprint density at radius 3 is 2.80 bits per heavy atom. The van der Waals surface area contributed by atoms with E-state index in [1.54, 1.807) is 12.1 Å². The molecule has 0 radical (unpaired) electrons. The molecule has 0 aromatic carbocycles. The predicted octanol–water partition coefficient (Wildman–Crippen LogP) is -1.34. The van der Waals surface area contributed by atoms with Gasteiger partial charge in [-0.15, -0.1) is 0 Å². The monoisotopic (exact) mass is 209 g/mol. The molecule has 0 saturated carbocycles. The summed E-state index contributed by atoms with van der Waals surface area (Å²) >= 11 is 0. The molecule has 0 aliphatic carbocycles. The summed E-state index contributed by atoms with van der Waals surface area (Å²) in [5.41, 5.74) is 5.02. The molecule has 0 aliphatic heterocycles. The summed E-state index contributed by atoms with van der Waals surface area (Å²) in [6, 6.07) is 4.85. The van der Waals surface area contributed by atoms with Gasteiger partial charge in [0.2, 0.25) is 5.91 Å². The molecule has 2 amide bonds. The van der Waals surface area contributed by atoms with Crippen molar-refractivity contribution in [2.24, 2.45) is 5.73 Å². The molecule has 1 atom stereocenters. The SMILES string of the molecule is NC(=O)C(O)CNC(=O)c1ccccn1. The van der Waals surface area contributed by atoms with Crippen LogP contribution in [0.25, 0.3) is 0 Å². The van der Waals surface area contributed by atoms with Crippen LogP contribution >= 0.6 is 0 Å². The van der Waals surface area contributed by atoms with Crippen molar-refractivity contribution in [3.63, 3.8) is 0 Å². The second-order valence-corrected chi connectivity index (χ2v) is 2.84. The molecule has 0 aliphatic rings. The van der Waals surface area contributed by atoms with Gasteiger partial charge < -0.3 is 16.2 Å². The Bertz CT molecular complexity index is 353. The molecular formula is C9H11N3O3. The van der Waals surface area contributed by atoms with Gasteiger partial charge in [0.1, 0.15) is 11.8 Å². The molecule has 0 fully saturated rings. The van der Waals surface area contributed by atoms with Crippen molar-refractivity contribution in [1.29, 1.82) is 0 Å². The van der Waals surface area contributed by atoms with Crippen LogP contribution in [0.15, 0.2) is 24.4 Å². The van der Waals surface area contributed by atoms with Crippen LogP contribution in [0.3, 0.4) is 0 Å². The molecule has 15 heavy (non-hydrogen) atoms. The Hall–Kier alpha value is -1.95. The van der Waals surface area contributed by atoms with Gasteiger partial charge in [0.15, 0.2) is 0 Å². The minimum Gasteiger partial charge on any atom is -0.381 e. The fourth-order valence-electron chi connectivity index (χ4n) is 0.878. The number of nitrogens with one attached hydrogen (secondary N) is 1. The van der Waals surface area contributed by atoms with Gasteiger partial charge in [0, 0.05) is 6.20 Å². The number of rotatable bonds is 4. The lowest BCUT2D eigenvalue weighted by Gasteiger charge is -2.07. The van der Waals surface area contributed by atoms with Gasteiger partial charge in [-0.3, -0.25) is 14.6 Å². The van der Waals surface area contributed by atoms with Crippen LogP contribution in [0.4, 0.5) is 0 Å². The van der Waals surface area contributed by atoms with E-state index in [-0.39, 0.29) is 12.2 Å². The molecule has 1 aromatic heterocycles. The first-order chi connectivity index (χ1) is 7.11. The third-order valence-corrected chi connectivity index (χ3v) is 1.68. The number of aliphatic hydroxyl groups is 1. The van der Waals surface area contributed by atoms with E-state index < -0.39 is 17.9 Å². The van der Waals surface area contributed by atoms with E-state index in [0.29, 0.717) is 0 Å². The average Bonchev–Trinajstić information content (AvgIpc) is 2.26. The van der Waals surface area contributed by atoms with Gasteiger partial charge in [0.25, 0.3) is 5.91 Å². The van der Waals surface area contributed by atoms with E-state index in [2.05, 4.69) is 10.3 Å². The quantitative estimate of drug-likeness (QED) is 0.570. The fraction of sp³-hybridized carbons (Fsp3) is 0.222. The van der Waals surface area contributed by atoms with Gasteiger partial charge >= 0.3 is 0 Å². The zero-order valence-corrected chi connectivity index (χ0v) is 7.88. The molecule has 1 rings (SSSR count). The first-order valence-corrected chi connectivity index (χ1v) is 4.28. The zero-order chi connectivity index (χ0) is 11.3. The lowest BCUT2D eigenvalue weighted by Crippen LogP contribution is -2.40. The van der Waals surface area contributed by atoms with E-state index in [1.165, 1.54) is 12.3 Å². The second kappa shape index (κ2) is 5.06. The number of hydrogen-bond acceptors (Lipinski definition) is 4. The number of primary amides is 1. The highest BCUT2D eigenvalue weighted by Crippen LogP contribution is 1.92. The van der Waals surface area contributed by atoms with Crippen molar-refractivity contribution < 1.29 is 14.7 Å². The Morgan fingerprint density at radius 1 is 1.53 bits per heavy atom. The number of nitrogens with two attached hydrogens (primary N) is 1. The normalized spacial score (nSPS) is 11.8. The number of carbonyl (C=O) groups is 2. The third kappa shape index (κ3) is 3.35. The van der Waals surface area contributed by atoms with Gasteiger partial charge in [-0.2, -0.15) is 0 Å². The summed E-state index contributed by atoms with van der Waals surface area (Å²) < 4.78 is 0. The van der Waals surface area contributed by atoms with Crippen molar-refractivity contribution in [3.05, 3.63) is 30.1 Å². The van der Waals surface area contributed by atoms with Crippen LogP contribution in [0.2, 0.25) is 0 Å². The van der Waals surface area contributed by atoms with E-state index in [0.717, 1.165) is 0 Å². The maximum Gasteiger partial charge on any atom is 0.269 e. The molecule has 1 heterocycles. The van der Waals surface area contributed by atoms with Crippen LogP contribution in [0.5, 0.6) is 0 Å². The second-order valence-electron chi connectivity index (χ2n) is 2.84. The third-order valence-electron chi connectivity index (χ3n) is 1.68. The highest BCUT2D eigenvalue weighted by molar-refractivity contribution is 5.92. The number of nitrogens with zero attached hydrogens (tertiary/aromatic N) is 1. The number of aromatic nitrogens is 1.